The smallest absolute Gasteiger partial charge is 0.355 e. The number of amides is 1. The van der Waals surface area contributed by atoms with Crippen molar-refractivity contribution in [3.63, 3.8) is 0 Å². The Morgan fingerprint density at radius 3 is 2.54 bits per heavy atom. The molecule has 6 nitrogen and oxygen atoms in total. The van der Waals surface area contributed by atoms with Crippen LogP contribution in [0, 0.1) is 0 Å². The third-order valence-electron chi connectivity index (χ3n) is 3.91. The number of nitrogens with one attached hydrogen (secondary N) is 1. The lowest BCUT2D eigenvalue weighted by Crippen LogP contribution is -2.65. The van der Waals surface area contributed by atoms with Crippen molar-refractivity contribution in [3.8, 4) is 0 Å². The molecule has 0 atom stereocenters. The maximum Gasteiger partial charge on any atom is 0.397 e. The van der Waals surface area contributed by atoms with Crippen LogP contribution in [0.15, 0.2) is 24.4 Å². The van der Waals surface area contributed by atoms with Gasteiger partial charge in [0.15, 0.2) is 0 Å². The normalized spacial score (nSPS) is 18.0. The predicted octanol–water partition coefficient (Wildman–Crippen LogP) is 1.05. The number of pyridine rings is 1. The molecular formula is C14H18F3N3O3S. The number of carbonyl (C=O) groups is 1. The van der Waals surface area contributed by atoms with Crippen molar-refractivity contribution in [2.45, 2.75) is 24.9 Å². The summed E-state index contributed by atoms with van der Waals surface area (Å²) in [7, 11) is -3.40. The first-order valence-corrected chi connectivity index (χ1v) is 8.92. The standard InChI is InChI=1S/C14H18F3N3O3S/c1-2-24(22,23)20-9-13(10-20,11-5-3-4-6-18-11)8-19-12(21)7-14(15,16)17/h3-6H,2,7-10H2,1H3,(H,19,21). The molecule has 1 aromatic rings. The number of aromatic nitrogens is 1. The molecule has 2 rings (SSSR count). The summed E-state index contributed by atoms with van der Waals surface area (Å²) >= 11 is 0. The summed E-state index contributed by atoms with van der Waals surface area (Å²) in [4.78, 5) is 15.6. The second-order valence-corrected chi connectivity index (χ2v) is 7.99. The fourth-order valence-electron chi connectivity index (χ4n) is 2.56. The van der Waals surface area contributed by atoms with Crippen molar-refractivity contribution in [3.05, 3.63) is 30.1 Å². The summed E-state index contributed by atoms with van der Waals surface area (Å²) in [6.45, 7) is 1.56. The topological polar surface area (TPSA) is 79.4 Å². The van der Waals surface area contributed by atoms with E-state index in [9.17, 15) is 26.4 Å². The minimum atomic E-state index is -4.58. The number of rotatable bonds is 6. The van der Waals surface area contributed by atoms with Crippen molar-refractivity contribution in [2.75, 3.05) is 25.4 Å². The van der Waals surface area contributed by atoms with Crippen LogP contribution >= 0.6 is 0 Å². The third kappa shape index (κ3) is 4.23. The molecule has 1 aromatic heterocycles. The second-order valence-electron chi connectivity index (χ2n) is 5.73. The first-order chi connectivity index (χ1) is 11.1. The van der Waals surface area contributed by atoms with E-state index in [0.29, 0.717) is 5.69 Å². The average molecular weight is 365 g/mol. The number of sulfonamides is 1. The monoisotopic (exact) mass is 365 g/mol. The van der Waals surface area contributed by atoms with E-state index in [1.807, 2.05) is 0 Å². The van der Waals surface area contributed by atoms with Crippen LogP contribution in [-0.4, -0.2) is 55.2 Å². The van der Waals surface area contributed by atoms with E-state index in [0.717, 1.165) is 0 Å². The molecule has 10 heteroatoms. The van der Waals surface area contributed by atoms with Gasteiger partial charge in [0, 0.05) is 25.8 Å². The average Bonchev–Trinajstić information content (AvgIpc) is 2.45. The summed E-state index contributed by atoms with van der Waals surface area (Å²) in [5.41, 5.74) is -0.273. The quantitative estimate of drug-likeness (QED) is 0.817. The van der Waals surface area contributed by atoms with Crippen molar-refractivity contribution >= 4 is 15.9 Å². The Labute approximate surface area is 138 Å². The molecule has 1 aliphatic heterocycles. The Kier molecular flexibility index (Phi) is 5.19. The molecule has 1 saturated heterocycles. The minimum Gasteiger partial charge on any atom is -0.355 e. The summed E-state index contributed by atoms with van der Waals surface area (Å²) in [6.07, 6.45) is -4.63. The van der Waals surface area contributed by atoms with Crippen molar-refractivity contribution in [1.29, 1.82) is 0 Å². The van der Waals surface area contributed by atoms with Crippen LogP contribution < -0.4 is 5.32 Å². The van der Waals surface area contributed by atoms with E-state index < -0.39 is 33.9 Å². The van der Waals surface area contributed by atoms with Gasteiger partial charge in [0.1, 0.15) is 6.42 Å². The summed E-state index contributed by atoms with van der Waals surface area (Å²) < 4.78 is 61.8. The van der Waals surface area contributed by atoms with Crippen LogP contribution in [0.2, 0.25) is 0 Å². The molecule has 1 N–H and O–H groups in total. The van der Waals surface area contributed by atoms with Gasteiger partial charge >= 0.3 is 6.18 Å². The molecule has 2 heterocycles. The summed E-state index contributed by atoms with van der Waals surface area (Å²) in [5, 5.41) is 2.25. The highest BCUT2D eigenvalue weighted by atomic mass is 32.2. The molecule has 0 aromatic carbocycles. The second kappa shape index (κ2) is 6.67. The van der Waals surface area contributed by atoms with Crippen LogP contribution in [-0.2, 0) is 20.2 Å². The van der Waals surface area contributed by atoms with Gasteiger partial charge < -0.3 is 5.32 Å². The van der Waals surface area contributed by atoms with Crippen molar-refractivity contribution < 1.29 is 26.4 Å². The van der Waals surface area contributed by atoms with Gasteiger partial charge in [-0.3, -0.25) is 9.78 Å². The lowest BCUT2D eigenvalue weighted by atomic mass is 9.78. The lowest BCUT2D eigenvalue weighted by Gasteiger charge is -2.48. The molecule has 0 saturated carbocycles. The van der Waals surface area contributed by atoms with E-state index in [1.54, 1.807) is 18.2 Å². The Hall–Kier alpha value is -1.68. The first-order valence-electron chi connectivity index (χ1n) is 7.31. The number of hydrogen-bond donors (Lipinski definition) is 1. The van der Waals surface area contributed by atoms with Gasteiger partial charge in [0.05, 0.1) is 16.9 Å². The predicted molar refractivity (Wildman–Crippen MR) is 80.6 cm³/mol. The number of nitrogens with zero attached hydrogens (tertiary/aromatic N) is 2. The molecule has 1 fully saturated rings. The van der Waals surface area contributed by atoms with Crippen molar-refractivity contribution in [2.24, 2.45) is 0 Å². The van der Waals surface area contributed by atoms with Crippen LogP contribution in [0.3, 0.4) is 0 Å². The maximum atomic E-state index is 12.2. The van der Waals surface area contributed by atoms with E-state index in [2.05, 4.69) is 10.3 Å². The molecule has 0 bridgehead atoms. The van der Waals surface area contributed by atoms with Gasteiger partial charge in [-0.25, -0.2) is 8.42 Å². The van der Waals surface area contributed by atoms with Gasteiger partial charge in [-0.15, -0.1) is 0 Å². The van der Waals surface area contributed by atoms with Crippen molar-refractivity contribution in [1.82, 2.24) is 14.6 Å². The molecule has 0 spiro atoms. The molecule has 0 aliphatic carbocycles. The molecule has 24 heavy (non-hydrogen) atoms. The number of hydrogen-bond acceptors (Lipinski definition) is 4. The SMILES string of the molecule is CCS(=O)(=O)N1CC(CNC(=O)CC(F)(F)F)(c2ccccn2)C1. The molecular weight excluding hydrogens is 347 g/mol. The molecule has 0 radical (unpaired) electrons. The highest BCUT2D eigenvalue weighted by molar-refractivity contribution is 7.89. The first kappa shape index (κ1) is 18.7. The zero-order valence-corrected chi connectivity index (χ0v) is 13.8. The number of alkyl halides is 3. The van der Waals surface area contributed by atoms with Crippen LogP contribution in [0.5, 0.6) is 0 Å². The van der Waals surface area contributed by atoms with Gasteiger partial charge in [0.2, 0.25) is 15.9 Å². The highest BCUT2D eigenvalue weighted by Crippen LogP contribution is 2.35. The van der Waals surface area contributed by atoms with E-state index >= 15 is 0 Å². The Morgan fingerprint density at radius 2 is 2.04 bits per heavy atom. The molecule has 1 amide bonds. The Bertz CT molecular complexity index is 686. The molecule has 134 valence electrons. The van der Waals surface area contributed by atoms with Crippen LogP contribution in [0.25, 0.3) is 0 Å². The summed E-state index contributed by atoms with van der Waals surface area (Å²) in [5.74, 6) is -1.21. The number of halogens is 3. The van der Waals surface area contributed by atoms with Crippen LogP contribution in [0.4, 0.5) is 13.2 Å². The zero-order chi connectivity index (χ0) is 18.0. The van der Waals surface area contributed by atoms with E-state index in [4.69, 9.17) is 0 Å². The Balaban J connectivity index is 2.11. The highest BCUT2D eigenvalue weighted by Gasteiger charge is 2.50. The lowest BCUT2D eigenvalue weighted by molar-refractivity contribution is -0.154. The van der Waals surface area contributed by atoms with E-state index in [-0.39, 0.29) is 25.4 Å². The zero-order valence-electron chi connectivity index (χ0n) is 13.0. The van der Waals surface area contributed by atoms with Crippen LogP contribution in [0.1, 0.15) is 19.0 Å². The van der Waals surface area contributed by atoms with Gasteiger partial charge in [-0.1, -0.05) is 6.07 Å². The largest absolute Gasteiger partial charge is 0.397 e. The molecule has 1 aliphatic rings. The fourth-order valence-corrected chi connectivity index (χ4v) is 3.81. The van der Waals surface area contributed by atoms with Gasteiger partial charge in [-0.05, 0) is 19.1 Å². The number of carbonyl (C=O) groups excluding carboxylic acids is 1. The minimum absolute atomic E-state index is 0.0638. The van der Waals surface area contributed by atoms with E-state index in [1.165, 1.54) is 17.4 Å². The molecule has 0 unspecified atom stereocenters. The van der Waals surface area contributed by atoms with Gasteiger partial charge in [-0.2, -0.15) is 17.5 Å². The summed E-state index contributed by atoms with van der Waals surface area (Å²) in [6, 6.07) is 5.06. The Morgan fingerprint density at radius 1 is 1.38 bits per heavy atom. The fraction of sp³-hybridized carbons (Fsp3) is 0.571. The van der Waals surface area contributed by atoms with Gasteiger partial charge in [0.25, 0.3) is 0 Å². The maximum absolute atomic E-state index is 12.2. The third-order valence-corrected chi connectivity index (χ3v) is 5.68.